The van der Waals surface area contributed by atoms with E-state index in [2.05, 4.69) is 6.58 Å². The first-order valence-corrected chi connectivity index (χ1v) is 3.49. The molecule has 0 bridgehead atoms. The molecule has 0 radical (unpaired) electrons. The lowest BCUT2D eigenvalue weighted by Crippen LogP contribution is -2.32. The zero-order chi connectivity index (χ0) is 8.41. The molecule has 0 spiro atoms. The first kappa shape index (κ1) is 9.28. The second kappa shape index (κ2) is 2.49. The smallest absolute Gasteiger partial charge is 0.283 e. The minimum Gasteiger partial charge on any atom is -0.283 e. The van der Waals surface area contributed by atoms with Crippen molar-refractivity contribution in [3.8, 4) is 0 Å². The first-order valence-electron chi connectivity index (χ1n) is 2.01. The number of halogens is 3. The van der Waals surface area contributed by atoms with Crippen molar-refractivity contribution in [3.05, 3.63) is 12.8 Å². The van der Waals surface area contributed by atoms with Gasteiger partial charge in [-0.2, -0.15) is 21.6 Å². The molecule has 0 unspecified atom stereocenters. The second-order valence-electron chi connectivity index (χ2n) is 1.27. The molecule has 7 heteroatoms. The van der Waals surface area contributed by atoms with Crippen molar-refractivity contribution in [2.24, 2.45) is 0 Å². The fraction of sp³-hybridized carbons (Fsp3) is 0.333. The van der Waals surface area contributed by atoms with E-state index in [0.717, 1.165) is 4.72 Å². The zero-order valence-electron chi connectivity index (χ0n) is 4.64. The van der Waals surface area contributed by atoms with Gasteiger partial charge in [0.1, 0.15) is 0 Å². The maximum Gasteiger partial charge on any atom is 0.516 e. The predicted molar refractivity (Wildman–Crippen MR) is 28.3 cm³/mol. The fourth-order valence-corrected chi connectivity index (χ4v) is 0.530. The lowest BCUT2D eigenvalue weighted by atomic mass is 11.1. The van der Waals surface area contributed by atoms with Gasteiger partial charge in [-0.3, -0.25) is 4.72 Å². The quantitative estimate of drug-likeness (QED) is 0.666. The predicted octanol–water partition coefficient (Wildman–Crippen LogP) is 0.569. The molecule has 0 heterocycles. The summed E-state index contributed by atoms with van der Waals surface area (Å²) < 4.78 is 54.9. The van der Waals surface area contributed by atoms with Crippen LogP contribution in [0.5, 0.6) is 0 Å². The van der Waals surface area contributed by atoms with Crippen molar-refractivity contribution >= 4 is 10.0 Å². The van der Waals surface area contributed by atoms with Crippen molar-refractivity contribution in [2.45, 2.75) is 5.51 Å². The Bertz CT molecular complexity index is 216. The summed E-state index contributed by atoms with van der Waals surface area (Å²) >= 11 is 0. The van der Waals surface area contributed by atoms with Gasteiger partial charge in [-0.05, 0) is 0 Å². The van der Waals surface area contributed by atoms with E-state index in [4.69, 9.17) is 0 Å². The normalized spacial score (nSPS) is 12.7. The van der Waals surface area contributed by atoms with Gasteiger partial charge in [0.2, 0.25) is 0 Å². The Balaban J connectivity index is 4.59. The Morgan fingerprint density at radius 3 is 1.90 bits per heavy atom. The van der Waals surface area contributed by atoms with Crippen LogP contribution in [0.1, 0.15) is 0 Å². The summed E-state index contributed by atoms with van der Waals surface area (Å²) in [4.78, 5) is 0. The summed E-state index contributed by atoms with van der Waals surface area (Å²) in [5.41, 5.74) is -5.26. The fourth-order valence-electron chi connectivity index (χ4n) is 0.177. The standard InChI is InChI=1S/C3H4F3NO2S/c1-2-7-10(8,9)3(4,5)6/h2,7H,1H2. The molecule has 0 aliphatic rings. The number of hydrogen-bond donors (Lipinski definition) is 1. The largest absolute Gasteiger partial charge is 0.516 e. The maximum atomic E-state index is 11.3. The van der Waals surface area contributed by atoms with Crippen LogP contribution in [0.2, 0.25) is 0 Å². The van der Waals surface area contributed by atoms with E-state index >= 15 is 0 Å². The van der Waals surface area contributed by atoms with Crippen molar-refractivity contribution in [1.29, 1.82) is 0 Å². The van der Waals surface area contributed by atoms with Gasteiger partial charge in [-0.25, -0.2) is 0 Å². The Labute approximate surface area is 55.6 Å². The second-order valence-corrected chi connectivity index (χ2v) is 2.98. The molecule has 0 aliphatic heterocycles. The minimum absolute atomic E-state index is 0.447. The number of nitrogens with one attached hydrogen (secondary N) is 1. The van der Waals surface area contributed by atoms with Crippen molar-refractivity contribution in [1.82, 2.24) is 4.72 Å². The molecule has 0 aromatic rings. The Morgan fingerprint density at radius 2 is 1.80 bits per heavy atom. The molecule has 0 aliphatic carbocycles. The van der Waals surface area contributed by atoms with E-state index < -0.39 is 15.5 Å². The third-order valence-corrected chi connectivity index (χ3v) is 1.63. The molecule has 10 heavy (non-hydrogen) atoms. The summed E-state index contributed by atoms with van der Waals surface area (Å²) in [6.45, 7) is 2.77. The van der Waals surface area contributed by atoms with Gasteiger partial charge in [0.25, 0.3) is 0 Å². The average Bonchev–Trinajstić information content (AvgIpc) is 1.61. The molecule has 0 fully saturated rings. The number of rotatable bonds is 2. The molecule has 3 nitrogen and oxygen atoms in total. The topological polar surface area (TPSA) is 46.2 Å². The van der Waals surface area contributed by atoms with Crippen LogP contribution in [0.4, 0.5) is 13.2 Å². The van der Waals surface area contributed by atoms with Crippen LogP contribution in [-0.4, -0.2) is 13.9 Å². The maximum absolute atomic E-state index is 11.3. The lowest BCUT2D eigenvalue weighted by Gasteiger charge is -2.05. The van der Waals surface area contributed by atoms with Gasteiger partial charge in [0.15, 0.2) is 0 Å². The van der Waals surface area contributed by atoms with E-state index in [0.29, 0.717) is 6.20 Å². The van der Waals surface area contributed by atoms with Crippen LogP contribution in [0, 0.1) is 0 Å². The molecule has 0 saturated heterocycles. The minimum atomic E-state index is -5.26. The summed E-state index contributed by atoms with van der Waals surface area (Å²) in [6.07, 6.45) is 0.447. The Kier molecular flexibility index (Phi) is 2.31. The number of sulfonamides is 1. The zero-order valence-corrected chi connectivity index (χ0v) is 5.46. The van der Waals surface area contributed by atoms with Crippen LogP contribution in [0.25, 0.3) is 0 Å². The first-order chi connectivity index (χ1) is 4.31. The average molecular weight is 175 g/mol. The molecule has 0 amide bonds. The van der Waals surface area contributed by atoms with E-state index in [9.17, 15) is 21.6 Å². The Morgan fingerprint density at radius 1 is 1.40 bits per heavy atom. The molecular formula is C3H4F3NO2S. The summed E-state index contributed by atoms with van der Waals surface area (Å²) in [5.74, 6) is 0. The van der Waals surface area contributed by atoms with Crippen LogP contribution >= 0.6 is 0 Å². The molecule has 0 atom stereocenters. The van der Waals surface area contributed by atoms with Crippen molar-refractivity contribution < 1.29 is 21.6 Å². The summed E-state index contributed by atoms with van der Waals surface area (Å²) in [7, 11) is -5.22. The molecule has 0 saturated carbocycles. The number of alkyl halides is 3. The molecule has 0 rings (SSSR count). The monoisotopic (exact) mass is 175 g/mol. The van der Waals surface area contributed by atoms with E-state index in [1.54, 1.807) is 0 Å². The third-order valence-electron chi connectivity index (χ3n) is 0.543. The highest BCUT2D eigenvalue weighted by atomic mass is 32.2. The van der Waals surface area contributed by atoms with Crippen molar-refractivity contribution in [3.63, 3.8) is 0 Å². The Hall–Kier alpha value is -0.720. The third kappa shape index (κ3) is 1.90. The number of hydrogen-bond acceptors (Lipinski definition) is 2. The lowest BCUT2D eigenvalue weighted by molar-refractivity contribution is -0.0443. The van der Waals surface area contributed by atoms with Gasteiger partial charge < -0.3 is 0 Å². The van der Waals surface area contributed by atoms with Gasteiger partial charge >= 0.3 is 15.5 Å². The highest BCUT2D eigenvalue weighted by molar-refractivity contribution is 7.90. The van der Waals surface area contributed by atoms with E-state index in [1.807, 2.05) is 0 Å². The van der Waals surface area contributed by atoms with Crippen molar-refractivity contribution in [2.75, 3.05) is 0 Å². The molecule has 1 N–H and O–H groups in total. The van der Waals surface area contributed by atoms with Crippen LogP contribution in [0.3, 0.4) is 0 Å². The highest BCUT2D eigenvalue weighted by Crippen LogP contribution is 2.21. The summed E-state index contributed by atoms with van der Waals surface area (Å²) in [6, 6.07) is 0. The highest BCUT2D eigenvalue weighted by Gasteiger charge is 2.45. The SMILES string of the molecule is C=CNS(=O)(=O)C(F)(F)F. The van der Waals surface area contributed by atoms with Gasteiger partial charge in [0, 0.05) is 6.20 Å². The van der Waals surface area contributed by atoms with E-state index in [1.165, 1.54) is 0 Å². The van der Waals surface area contributed by atoms with Gasteiger partial charge in [-0.1, -0.05) is 6.58 Å². The summed E-state index contributed by atoms with van der Waals surface area (Å²) in [5, 5.41) is 0. The van der Waals surface area contributed by atoms with Gasteiger partial charge in [0.05, 0.1) is 0 Å². The molecule has 60 valence electrons. The van der Waals surface area contributed by atoms with Gasteiger partial charge in [-0.15, -0.1) is 0 Å². The van der Waals surface area contributed by atoms with Crippen LogP contribution in [-0.2, 0) is 10.0 Å². The molecule has 0 aromatic carbocycles. The van der Waals surface area contributed by atoms with Crippen LogP contribution in [0.15, 0.2) is 12.8 Å². The molecular weight excluding hydrogens is 171 g/mol. The van der Waals surface area contributed by atoms with E-state index in [-0.39, 0.29) is 0 Å². The van der Waals surface area contributed by atoms with Crippen LogP contribution < -0.4 is 4.72 Å². The molecule has 0 aromatic heterocycles.